The number of rotatable bonds is 8. The lowest BCUT2D eigenvalue weighted by atomic mass is 10.2. The summed E-state index contributed by atoms with van der Waals surface area (Å²) in [4.78, 5) is 12.9. The van der Waals surface area contributed by atoms with E-state index in [0.29, 0.717) is 19.4 Å². The molecule has 1 aromatic rings. The molecule has 1 rings (SSSR count). The lowest BCUT2D eigenvalue weighted by Crippen LogP contribution is -2.27. The highest BCUT2D eigenvalue weighted by molar-refractivity contribution is 7.86. The number of aldehydes is 1. The number of thiol groups is 1. The van der Waals surface area contributed by atoms with Crippen LogP contribution in [0, 0.1) is 0 Å². The molecule has 0 aliphatic carbocycles. The highest BCUT2D eigenvalue weighted by atomic mass is 32.2. The number of carbonyl (C=O) groups excluding carboxylic acids is 1. The summed E-state index contributed by atoms with van der Waals surface area (Å²) in [7, 11) is 0.00781. The first-order valence-corrected chi connectivity index (χ1v) is 8.00. The molecule has 1 heterocycles. The van der Waals surface area contributed by atoms with Crippen molar-refractivity contribution in [3.8, 4) is 0 Å². The Labute approximate surface area is 122 Å². The highest BCUT2D eigenvalue weighted by Gasteiger charge is 2.28. The van der Waals surface area contributed by atoms with Crippen LogP contribution in [0.2, 0.25) is 0 Å². The Kier molecular flexibility index (Phi) is 6.05. The Morgan fingerprint density at radius 1 is 1.50 bits per heavy atom. The van der Waals surface area contributed by atoms with Gasteiger partial charge in [0.25, 0.3) is 10.1 Å². The van der Waals surface area contributed by atoms with Gasteiger partial charge in [-0.2, -0.15) is 21.0 Å². The topological polar surface area (TPSA) is 107 Å². The monoisotopic (exact) mass is 323 g/mol. The zero-order valence-electron chi connectivity index (χ0n) is 11.4. The second-order valence-corrected chi connectivity index (χ2v) is 6.57. The zero-order chi connectivity index (χ0) is 15.3. The summed E-state index contributed by atoms with van der Waals surface area (Å²) in [6.45, 7) is 1.16. The van der Waals surface area contributed by atoms with Gasteiger partial charge in [-0.25, -0.2) is 4.68 Å². The van der Waals surface area contributed by atoms with Gasteiger partial charge in [0.2, 0.25) is 0 Å². The predicted molar refractivity (Wildman–Crippen MR) is 73.9 cm³/mol. The van der Waals surface area contributed by atoms with Crippen molar-refractivity contribution in [1.82, 2.24) is 25.1 Å². The summed E-state index contributed by atoms with van der Waals surface area (Å²) in [5, 5.41) is 10.2. The van der Waals surface area contributed by atoms with Crippen molar-refractivity contribution in [2.45, 2.75) is 17.9 Å². The maximum Gasteiger partial charge on any atom is 0.265 e. The van der Waals surface area contributed by atoms with Crippen LogP contribution in [0.3, 0.4) is 0 Å². The van der Waals surface area contributed by atoms with Crippen LogP contribution in [0.5, 0.6) is 0 Å². The third-order valence-corrected chi connectivity index (χ3v) is 3.41. The van der Waals surface area contributed by atoms with Crippen molar-refractivity contribution >= 4 is 29.0 Å². The van der Waals surface area contributed by atoms with E-state index in [9.17, 15) is 13.2 Å². The van der Waals surface area contributed by atoms with E-state index in [1.165, 1.54) is 4.68 Å². The fraction of sp³-hybridized carbons (Fsp3) is 0.778. The van der Waals surface area contributed by atoms with Crippen LogP contribution in [0.15, 0.2) is 0 Å². The number of hydrogen-bond donors (Lipinski definition) is 1. The molecule has 0 N–H and O–H groups in total. The molecule has 0 aromatic carbocycles. The van der Waals surface area contributed by atoms with Gasteiger partial charge in [-0.05, 0) is 24.5 Å². The molecule has 0 spiro atoms. The summed E-state index contributed by atoms with van der Waals surface area (Å²) in [6, 6.07) is 0. The number of likely N-dealkylation sites (N-methyl/N-ethyl adjacent to an activating group) is 1. The summed E-state index contributed by atoms with van der Waals surface area (Å²) in [6.07, 6.45) is -0.0552. The normalized spacial score (nSPS) is 15.2. The average Bonchev–Trinajstić information content (AvgIpc) is 2.79. The molecule has 114 valence electrons. The standard InChI is InChI=1S/C9H17N5O4S2/c1-13(2)4-5-14-9(10-11-12-14)8(19)7(6-15)18-20(3,16)17/h6-8,19H,4-5H2,1-3H3. The lowest BCUT2D eigenvalue weighted by Gasteiger charge is -2.17. The molecule has 0 aliphatic rings. The van der Waals surface area contributed by atoms with Crippen LogP contribution in [0.4, 0.5) is 0 Å². The van der Waals surface area contributed by atoms with E-state index < -0.39 is 21.5 Å². The van der Waals surface area contributed by atoms with E-state index in [-0.39, 0.29) is 5.82 Å². The lowest BCUT2D eigenvalue weighted by molar-refractivity contribution is -0.113. The molecule has 0 fully saturated rings. The van der Waals surface area contributed by atoms with E-state index in [1.54, 1.807) is 0 Å². The number of nitrogens with zero attached hydrogens (tertiary/aromatic N) is 5. The minimum atomic E-state index is -3.78. The second-order valence-electron chi connectivity index (χ2n) is 4.41. The molecule has 2 unspecified atom stereocenters. The molecule has 20 heavy (non-hydrogen) atoms. The first-order valence-electron chi connectivity index (χ1n) is 5.67. The molecule has 0 saturated heterocycles. The van der Waals surface area contributed by atoms with Gasteiger partial charge in [0.05, 0.1) is 18.1 Å². The summed E-state index contributed by atoms with van der Waals surface area (Å²) < 4.78 is 28.3. The summed E-state index contributed by atoms with van der Waals surface area (Å²) in [5.74, 6) is 0.274. The Morgan fingerprint density at radius 3 is 2.65 bits per heavy atom. The number of tetrazole rings is 1. The first-order chi connectivity index (χ1) is 9.24. The van der Waals surface area contributed by atoms with Crippen molar-refractivity contribution in [3.63, 3.8) is 0 Å². The fourth-order valence-electron chi connectivity index (χ4n) is 1.38. The molecular weight excluding hydrogens is 306 g/mol. The van der Waals surface area contributed by atoms with Crippen LogP contribution in [0.1, 0.15) is 11.1 Å². The van der Waals surface area contributed by atoms with E-state index in [2.05, 4.69) is 32.3 Å². The van der Waals surface area contributed by atoms with E-state index >= 15 is 0 Å². The largest absolute Gasteiger partial charge is 0.308 e. The van der Waals surface area contributed by atoms with Gasteiger partial charge < -0.3 is 9.69 Å². The smallest absolute Gasteiger partial charge is 0.265 e. The number of hydrogen-bond acceptors (Lipinski definition) is 9. The van der Waals surface area contributed by atoms with Gasteiger partial charge in [0.1, 0.15) is 0 Å². The van der Waals surface area contributed by atoms with Crippen LogP contribution in [0.25, 0.3) is 0 Å². The Hall–Kier alpha value is -1.04. The van der Waals surface area contributed by atoms with E-state index in [4.69, 9.17) is 0 Å². The molecule has 2 atom stereocenters. The summed E-state index contributed by atoms with van der Waals surface area (Å²) >= 11 is 4.19. The third-order valence-electron chi connectivity index (χ3n) is 2.31. The molecular formula is C9H17N5O4S2. The predicted octanol–water partition coefficient (Wildman–Crippen LogP) is -1.25. The van der Waals surface area contributed by atoms with Crippen molar-refractivity contribution in [2.75, 3.05) is 26.9 Å². The van der Waals surface area contributed by atoms with Crippen molar-refractivity contribution < 1.29 is 17.4 Å². The average molecular weight is 323 g/mol. The van der Waals surface area contributed by atoms with Crippen molar-refractivity contribution in [2.24, 2.45) is 0 Å². The highest BCUT2D eigenvalue weighted by Crippen LogP contribution is 2.23. The van der Waals surface area contributed by atoms with E-state index in [0.717, 1.165) is 6.26 Å². The van der Waals surface area contributed by atoms with Crippen LogP contribution in [-0.4, -0.2) is 72.8 Å². The Balaban J connectivity index is 2.87. The zero-order valence-corrected chi connectivity index (χ0v) is 13.1. The molecule has 0 amide bonds. The van der Waals surface area contributed by atoms with Crippen LogP contribution in [-0.2, 0) is 25.6 Å². The number of aromatic nitrogens is 4. The van der Waals surface area contributed by atoms with E-state index in [1.807, 2.05) is 19.0 Å². The minimum absolute atomic E-state index is 0.274. The van der Waals surface area contributed by atoms with Gasteiger partial charge in [-0.15, -0.1) is 5.10 Å². The molecule has 9 nitrogen and oxygen atoms in total. The van der Waals surface area contributed by atoms with Crippen molar-refractivity contribution in [3.05, 3.63) is 5.82 Å². The first kappa shape index (κ1) is 17.0. The van der Waals surface area contributed by atoms with Gasteiger partial charge in [-0.1, -0.05) is 0 Å². The minimum Gasteiger partial charge on any atom is -0.308 e. The van der Waals surface area contributed by atoms with Gasteiger partial charge >= 0.3 is 0 Å². The maximum absolute atomic E-state index is 11.1. The van der Waals surface area contributed by atoms with Gasteiger partial charge in [0.15, 0.2) is 18.2 Å². The van der Waals surface area contributed by atoms with Crippen LogP contribution >= 0.6 is 12.6 Å². The van der Waals surface area contributed by atoms with Crippen molar-refractivity contribution in [1.29, 1.82) is 0 Å². The fourth-order valence-corrected chi connectivity index (χ4v) is 2.33. The molecule has 0 radical (unpaired) electrons. The number of carbonyl (C=O) groups is 1. The van der Waals surface area contributed by atoms with Crippen LogP contribution < -0.4 is 0 Å². The SMILES string of the molecule is CN(C)CCn1nnnc1C(S)C(C=O)OS(C)(=O)=O. The summed E-state index contributed by atoms with van der Waals surface area (Å²) in [5.41, 5.74) is 0. The Morgan fingerprint density at radius 2 is 2.15 bits per heavy atom. The molecule has 0 aliphatic heterocycles. The molecule has 1 aromatic heterocycles. The third kappa shape index (κ3) is 5.15. The Bertz CT molecular complexity index is 544. The molecule has 11 heteroatoms. The second kappa shape index (κ2) is 7.11. The molecule has 0 saturated carbocycles. The van der Waals surface area contributed by atoms with Gasteiger partial charge in [0, 0.05) is 6.54 Å². The molecule has 0 bridgehead atoms. The quantitative estimate of drug-likeness (QED) is 0.359. The van der Waals surface area contributed by atoms with Gasteiger partial charge in [-0.3, -0.25) is 4.18 Å². The maximum atomic E-state index is 11.1.